The molecule has 0 N–H and O–H groups in total. The molecule has 0 saturated heterocycles. The van der Waals surface area contributed by atoms with Crippen molar-refractivity contribution in [1.29, 1.82) is 0 Å². The summed E-state index contributed by atoms with van der Waals surface area (Å²) in [7, 11) is 0. The van der Waals surface area contributed by atoms with Gasteiger partial charge in [-0.1, -0.05) is 35.9 Å². The Morgan fingerprint density at radius 1 is 1.00 bits per heavy atom. The number of alkyl halides is 3. The number of halogens is 4. The highest BCUT2D eigenvalue weighted by Gasteiger charge is 2.32. The van der Waals surface area contributed by atoms with E-state index >= 15 is 0 Å². The van der Waals surface area contributed by atoms with Gasteiger partial charge in [0.15, 0.2) is 0 Å². The molecule has 0 heterocycles. The zero-order valence-corrected chi connectivity index (χ0v) is 8.23. The minimum absolute atomic E-state index is 0.0982. The Balaban J connectivity index is 2.83. The van der Waals surface area contributed by atoms with Gasteiger partial charge in [-0.15, -0.1) is 0 Å². The molecule has 0 atom stereocenters. The van der Waals surface area contributed by atoms with E-state index in [4.69, 9.17) is 11.6 Å². The lowest BCUT2D eigenvalue weighted by molar-refractivity contribution is -0.136. The number of benzene rings is 2. The lowest BCUT2D eigenvalue weighted by atomic mass is 10.0. The SMILES string of the molecule is FC(F)(F)c1cc(Cl)cc2ccccc12. The van der Waals surface area contributed by atoms with Gasteiger partial charge in [0.2, 0.25) is 0 Å². The maximum absolute atomic E-state index is 12.6. The van der Waals surface area contributed by atoms with Crippen LogP contribution >= 0.6 is 11.6 Å². The van der Waals surface area contributed by atoms with E-state index < -0.39 is 11.7 Å². The molecule has 0 fully saturated rings. The third-order valence-electron chi connectivity index (χ3n) is 2.13. The largest absolute Gasteiger partial charge is 0.417 e. The minimum atomic E-state index is -4.37. The summed E-state index contributed by atoms with van der Waals surface area (Å²) in [6.45, 7) is 0. The van der Waals surface area contributed by atoms with Crippen LogP contribution in [0.4, 0.5) is 13.2 Å². The monoisotopic (exact) mass is 230 g/mol. The van der Waals surface area contributed by atoms with Crippen LogP contribution in [-0.4, -0.2) is 0 Å². The van der Waals surface area contributed by atoms with Crippen molar-refractivity contribution >= 4 is 22.4 Å². The van der Waals surface area contributed by atoms with Crippen molar-refractivity contribution in [3.8, 4) is 0 Å². The lowest BCUT2D eigenvalue weighted by Gasteiger charge is -2.10. The highest BCUT2D eigenvalue weighted by Crippen LogP contribution is 2.36. The van der Waals surface area contributed by atoms with Crippen molar-refractivity contribution in [3.05, 3.63) is 47.0 Å². The van der Waals surface area contributed by atoms with E-state index in [1.807, 2.05) is 0 Å². The molecule has 2 rings (SSSR count). The van der Waals surface area contributed by atoms with Crippen molar-refractivity contribution in [2.75, 3.05) is 0 Å². The van der Waals surface area contributed by atoms with Crippen molar-refractivity contribution < 1.29 is 13.2 Å². The van der Waals surface area contributed by atoms with Crippen molar-refractivity contribution in [2.24, 2.45) is 0 Å². The molecule has 2 aromatic rings. The van der Waals surface area contributed by atoms with Crippen LogP contribution in [0.2, 0.25) is 5.02 Å². The first-order valence-electron chi connectivity index (χ1n) is 4.24. The Labute approximate surface area is 89.3 Å². The van der Waals surface area contributed by atoms with E-state index in [1.54, 1.807) is 18.2 Å². The van der Waals surface area contributed by atoms with Crippen LogP contribution in [0.5, 0.6) is 0 Å². The second-order valence-corrected chi connectivity index (χ2v) is 3.61. The molecule has 0 unspecified atom stereocenters. The van der Waals surface area contributed by atoms with Crippen molar-refractivity contribution in [3.63, 3.8) is 0 Å². The van der Waals surface area contributed by atoms with Gasteiger partial charge in [-0.05, 0) is 22.9 Å². The summed E-state index contributed by atoms with van der Waals surface area (Å²) < 4.78 is 37.9. The van der Waals surface area contributed by atoms with Gasteiger partial charge >= 0.3 is 6.18 Å². The van der Waals surface area contributed by atoms with Crippen LogP contribution < -0.4 is 0 Å². The quantitative estimate of drug-likeness (QED) is 0.625. The molecule has 0 amide bonds. The third-order valence-corrected chi connectivity index (χ3v) is 2.35. The van der Waals surface area contributed by atoms with Gasteiger partial charge in [-0.3, -0.25) is 0 Å². The third kappa shape index (κ3) is 1.92. The number of fused-ring (bicyclic) bond motifs is 1. The summed E-state index contributed by atoms with van der Waals surface area (Å²) in [5, 5.41) is 0.771. The van der Waals surface area contributed by atoms with Crippen molar-refractivity contribution in [1.82, 2.24) is 0 Å². The fourth-order valence-corrected chi connectivity index (χ4v) is 1.74. The van der Waals surface area contributed by atoms with Gasteiger partial charge in [-0.25, -0.2) is 0 Å². The van der Waals surface area contributed by atoms with Gasteiger partial charge in [0.25, 0.3) is 0 Å². The lowest BCUT2D eigenvalue weighted by Crippen LogP contribution is -2.05. The maximum Gasteiger partial charge on any atom is 0.417 e. The molecule has 0 aliphatic rings. The molecule has 0 aliphatic heterocycles. The van der Waals surface area contributed by atoms with E-state index in [0.29, 0.717) is 5.39 Å². The van der Waals surface area contributed by atoms with Crippen molar-refractivity contribution in [2.45, 2.75) is 6.18 Å². The van der Waals surface area contributed by atoms with Gasteiger partial charge in [0.05, 0.1) is 5.56 Å². The van der Waals surface area contributed by atoms with Gasteiger partial charge in [-0.2, -0.15) is 13.2 Å². The molecule has 2 aromatic carbocycles. The fraction of sp³-hybridized carbons (Fsp3) is 0.0909. The average molecular weight is 231 g/mol. The number of hydrogen-bond donors (Lipinski definition) is 0. The summed E-state index contributed by atoms with van der Waals surface area (Å²) in [6.07, 6.45) is -4.37. The minimum Gasteiger partial charge on any atom is -0.166 e. The molecule has 0 bridgehead atoms. The van der Waals surface area contributed by atoms with Crippen LogP contribution in [0, 0.1) is 0 Å². The van der Waals surface area contributed by atoms with Crippen LogP contribution in [0.1, 0.15) is 5.56 Å². The molecule has 0 saturated carbocycles. The molecular weight excluding hydrogens is 225 g/mol. The zero-order chi connectivity index (χ0) is 11.1. The normalized spacial score (nSPS) is 12.0. The first-order chi connectivity index (χ1) is 6.98. The molecule has 0 aromatic heterocycles. The Bertz CT molecular complexity index is 503. The Morgan fingerprint density at radius 2 is 1.67 bits per heavy atom. The summed E-state index contributed by atoms with van der Waals surface area (Å²) in [4.78, 5) is 0. The topological polar surface area (TPSA) is 0 Å². The standard InChI is InChI=1S/C11H6ClF3/c12-8-5-7-3-1-2-4-9(7)10(6-8)11(13,14)15/h1-6H. The van der Waals surface area contributed by atoms with Crippen LogP contribution in [0.3, 0.4) is 0 Å². The van der Waals surface area contributed by atoms with Crippen LogP contribution in [-0.2, 0) is 6.18 Å². The zero-order valence-electron chi connectivity index (χ0n) is 7.48. The number of hydrogen-bond acceptors (Lipinski definition) is 0. The Hall–Kier alpha value is -1.22. The first-order valence-corrected chi connectivity index (χ1v) is 4.62. The molecule has 0 aliphatic carbocycles. The first kappa shape index (κ1) is 10.3. The maximum atomic E-state index is 12.6. The second-order valence-electron chi connectivity index (χ2n) is 3.17. The molecule has 78 valence electrons. The van der Waals surface area contributed by atoms with Gasteiger partial charge < -0.3 is 0 Å². The molecule has 0 radical (unpaired) electrons. The summed E-state index contributed by atoms with van der Waals surface area (Å²) >= 11 is 5.63. The highest BCUT2D eigenvalue weighted by molar-refractivity contribution is 6.31. The van der Waals surface area contributed by atoms with Gasteiger partial charge in [0.1, 0.15) is 0 Å². The van der Waals surface area contributed by atoms with E-state index in [1.165, 1.54) is 12.1 Å². The van der Waals surface area contributed by atoms with E-state index in [0.717, 1.165) is 6.07 Å². The van der Waals surface area contributed by atoms with E-state index in [-0.39, 0.29) is 10.4 Å². The summed E-state index contributed by atoms with van der Waals surface area (Å²) in [6, 6.07) is 8.77. The summed E-state index contributed by atoms with van der Waals surface area (Å²) in [5.41, 5.74) is -0.689. The van der Waals surface area contributed by atoms with Gasteiger partial charge in [0, 0.05) is 5.02 Å². The molecule has 4 heteroatoms. The molecule has 0 spiro atoms. The second kappa shape index (κ2) is 3.42. The number of rotatable bonds is 0. The molecule has 15 heavy (non-hydrogen) atoms. The van der Waals surface area contributed by atoms with E-state index in [2.05, 4.69) is 0 Å². The predicted octanol–water partition coefficient (Wildman–Crippen LogP) is 4.51. The molecular formula is C11H6ClF3. The Morgan fingerprint density at radius 3 is 2.33 bits per heavy atom. The van der Waals surface area contributed by atoms with Crippen LogP contribution in [0.15, 0.2) is 36.4 Å². The summed E-state index contributed by atoms with van der Waals surface area (Å²) in [5.74, 6) is 0. The smallest absolute Gasteiger partial charge is 0.166 e. The highest BCUT2D eigenvalue weighted by atomic mass is 35.5. The average Bonchev–Trinajstić information content (AvgIpc) is 2.15. The molecule has 0 nitrogen and oxygen atoms in total. The van der Waals surface area contributed by atoms with Crippen LogP contribution in [0.25, 0.3) is 10.8 Å². The van der Waals surface area contributed by atoms with E-state index in [9.17, 15) is 13.2 Å². The fourth-order valence-electron chi connectivity index (χ4n) is 1.51. The Kier molecular flexibility index (Phi) is 2.35. The predicted molar refractivity (Wildman–Crippen MR) is 54.0 cm³/mol.